The zero-order valence-corrected chi connectivity index (χ0v) is 13.5. The van der Waals surface area contributed by atoms with Crippen LogP contribution >= 0.6 is 11.6 Å². The first-order valence-corrected chi connectivity index (χ1v) is 7.54. The van der Waals surface area contributed by atoms with Crippen molar-refractivity contribution in [1.82, 2.24) is 0 Å². The van der Waals surface area contributed by atoms with Gasteiger partial charge in [-0.05, 0) is 43.2 Å². The SMILES string of the molecule is Cc1ccc(C)c(N2C(=O)C(Cl)=C(Nc3ccccc3)C2=O)c1. The third-order valence-corrected chi connectivity index (χ3v) is 4.03. The van der Waals surface area contributed by atoms with E-state index in [2.05, 4.69) is 5.32 Å². The summed E-state index contributed by atoms with van der Waals surface area (Å²) < 4.78 is 0. The number of carbonyl (C=O) groups excluding carboxylic acids is 2. The Morgan fingerprint density at radius 1 is 0.957 bits per heavy atom. The second kappa shape index (κ2) is 5.89. The van der Waals surface area contributed by atoms with Crippen LogP contribution in [0.2, 0.25) is 0 Å². The third-order valence-electron chi connectivity index (χ3n) is 3.68. The van der Waals surface area contributed by atoms with Gasteiger partial charge in [-0.2, -0.15) is 0 Å². The molecule has 1 N–H and O–H groups in total. The summed E-state index contributed by atoms with van der Waals surface area (Å²) in [6.45, 7) is 3.76. The number of halogens is 1. The summed E-state index contributed by atoms with van der Waals surface area (Å²) in [5.74, 6) is -0.957. The molecule has 0 aliphatic carbocycles. The van der Waals surface area contributed by atoms with Crippen LogP contribution in [0.5, 0.6) is 0 Å². The number of rotatable bonds is 3. The molecule has 0 radical (unpaired) electrons. The number of hydrogen-bond donors (Lipinski definition) is 1. The van der Waals surface area contributed by atoms with Crippen LogP contribution in [-0.2, 0) is 9.59 Å². The van der Waals surface area contributed by atoms with E-state index in [0.717, 1.165) is 16.0 Å². The first-order chi connectivity index (χ1) is 11.0. The molecule has 0 atom stereocenters. The molecule has 1 aliphatic heterocycles. The molecule has 0 spiro atoms. The Kier molecular flexibility index (Phi) is 3.92. The lowest BCUT2D eigenvalue weighted by atomic mass is 10.1. The second-order valence-corrected chi connectivity index (χ2v) is 5.79. The van der Waals surface area contributed by atoms with Crippen LogP contribution in [0.15, 0.2) is 59.3 Å². The van der Waals surface area contributed by atoms with Gasteiger partial charge in [-0.1, -0.05) is 41.9 Å². The number of nitrogens with zero attached hydrogens (tertiary/aromatic N) is 1. The van der Waals surface area contributed by atoms with Crippen molar-refractivity contribution in [2.75, 3.05) is 10.2 Å². The van der Waals surface area contributed by atoms with E-state index in [0.29, 0.717) is 11.4 Å². The van der Waals surface area contributed by atoms with E-state index < -0.39 is 11.8 Å². The fourth-order valence-electron chi connectivity index (χ4n) is 2.46. The minimum Gasteiger partial charge on any atom is -0.350 e. The molecule has 2 amide bonds. The number of anilines is 2. The number of benzene rings is 2. The monoisotopic (exact) mass is 326 g/mol. The summed E-state index contributed by atoms with van der Waals surface area (Å²) in [7, 11) is 0. The van der Waals surface area contributed by atoms with Crippen LogP contribution in [0.25, 0.3) is 0 Å². The van der Waals surface area contributed by atoms with Crippen molar-refractivity contribution >= 4 is 34.8 Å². The number of aryl methyl sites for hydroxylation is 2. The van der Waals surface area contributed by atoms with E-state index in [-0.39, 0.29) is 10.7 Å². The number of nitrogens with one attached hydrogen (secondary N) is 1. The van der Waals surface area contributed by atoms with E-state index in [1.54, 1.807) is 18.2 Å². The highest BCUT2D eigenvalue weighted by atomic mass is 35.5. The first kappa shape index (κ1) is 15.3. The molecule has 0 saturated carbocycles. The van der Waals surface area contributed by atoms with Gasteiger partial charge in [0.15, 0.2) is 0 Å². The number of para-hydroxylation sites is 1. The van der Waals surface area contributed by atoms with Crippen LogP contribution < -0.4 is 10.2 Å². The standard InChI is InChI=1S/C18H15ClN2O2/c1-11-8-9-12(2)14(10-11)21-17(22)15(19)16(18(21)23)20-13-6-4-3-5-7-13/h3-10,20H,1-2H3. The Labute approximate surface area is 139 Å². The van der Waals surface area contributed by atoms with Crippen LogP contribution in [0.4, 0.5) is 11.4 Å². The van der Waals surface area contributed by atoms with Crippen LogP contribution in [0.1, 0.15) is 11.1 Å². The molecule has 2 aromatic rings. The van der Waals surface area contributed by atoms with Gasteiger partial charge in [0, 0.05) is 5.69 Å². The quantitative estimate of drug-likeness (QED) is 0.874. The van der Waals surface area contributed by atoms with Gasteiger partial charge in [-0.25, -0.2) is 4.90 Å². The van der Waals surface area contributed by atoms with Crippen molar-refractivity contribution in [2.45, 2.75) is 13.8 Å². The van der Waals surface area contributed by atoms with Crippen LogP contribution in [0.3, 0.4) is 0 Å². The van der Waals surface area contributed by atoms with Crippen molar-refractivity contribution < 1.29 is 9.59 Å². The van der Waals surface area contributed by atoms with Crippen molar-refractivity contribution in [1.29, 1.82) is 0 Å². The predicted molar refractivity (Wildman–Crippen MR) is 91.4 cm³/mol. The number of hydrogen-bond acceptors (Lipinski definition) is 3. The summed E-state index contributed by atoms with van der Waals surface area (Å²) in [4.78, 5) is 26.3. The molecule has 0 saturated heterocycles. The minimum absolute atomic E-state index is 0.0974. The fraction of sp³-hybridized carbons (Fsp3) is 0.111. The largest absolute Gasteiger partial charge is 0.350 e. The highest BCUT2D eigenvalue weighted by Crippen LogP contribution is 2.32. The molecule has 3 rings (SSSR count). The summed E-state index contributed by atoms with van der Waals surface area (Å²) in [5, 5.41) is 2.84. The van der Waals surface area contributed by atoms with E-state index >= 15 is 0 Å². The zero-order chi connectivity index (χ0) is 16.6. The summed E-state index contributed by atoms with van der Waals surface area (Å²) in [5.41, 5.74) is 3.16. The Morgan fingerprint density at radius 2 is 1.65 bits per heavy atom. The summed E-state index contributed by atoms with van der Waals surface area (Å²) in [6, 6.07) is 14.8. The van der Waals surface area contributed by atoms with Gasteiger partial charge in [0.05, 0.1) is 5.69 Å². The average Bonchev–Trinajstić information content (AvgIpc) is 2.75. The summed E-state index contributed by atoms with van der Waals surface area (Å²) >= 11 is 6.12. The van der Waals surface area contributed by atoms with Gasteiger partial charge in [0.25, 0.3) is 11.8 Å². The molecular formula is C18H15ClN2O2. The molecule has 0 aromatic heterocycles. The fourth-order valence-corrected chi connectivity index (χ4v) is 2.67. The molecule has 0 fully saturated rings. The highest BCUT2D eigenvalue weighted by Gasteiger charge is 2.39. The molecule has 4 nitrogen and oxygen atoms in total. The maximum absolute atomic E-state index is 12.7. The van der Waals surface area contributed by atoms with Gasteiger partial charge in [0.2, 0.25) is 0 Å². The maximum atomic E-state index is 12.7. The van der Waals surface area contributed by atoms with Crippen LogP contribution in [-0.4, -0.2) is 11.8 Å². The second-order valence-electron chi connectivity index (χ2n) is 5.42. The molecular weight excluding hydrogens is 312 g/mol. The van der Waals surface area contributed by atoms with E-state index in [9.17, 15) is 9.59 Å². The van der Waals surface area contributed by atoms with E-state index in [1.165, 1.54) is 0 Å². The number of amides is 2. The Bertz CT molecular complexity index is 828. The van der Waals surface area contributed by atoms with Crippen molar-refractivity contribution in [2.24, 2.45) is 0 Å². The Morgan fingerprint density at radius 3 is 2.35 bits per heavy atom. The molecule has 1 aliphatic rings. The van der Waals surface area contributed by atoms with Gasteiger partial charge < -0.3 is 5.32 Å². The van der Waals surface area contributed by atoms with Gasteiger partial charge in [-0.15, -0.1) is 0 Å². The molecule has 2 aromatic carbocycles. The van der Waals surface area contributed by atoms with Gasteiger partial charge in [-0.3, -0.25) is 9.59 Å². The molecule has 116 valence electrons. The zero-order valence-electron chi connectivity index (χ0n) is 12.8. The minimum atomic E-state index is -0.510. The lowest BCUT2D eigenvalue weighted by molar-refractivity contribution is -0.120. The highest BCUT2D eigenvalue weighted by molar-refractivity contribution is 6.53. The van der Waals surface area contributed by atoms with Crippen LogP contribution in [0, 0.1) is 13.8 Å². The smallest absolute Gasteiger partial charge is 0.283 e. The molecule has 5 heteroatoms. The molecule has 1 heterocycles. The van der Waals surface area contributed by atoms with Crippen molar-refractivity contribution in [3.05, 3.63) is 70.4 Å². The van der Waals surface area contributed by atoms with E-state index in [4.69, 9.17) is 11.6 Å². The lowest BCUT2D eigenvalue weighted by Crippen LogP contribution is -2.32. The van der Waals surface area contributed by atoms with E-state index in [1.807, 2.05) is 44.2 Å². The predicted octanol–water partition coefficient (Wildman–Crippen LogP) is 3.74. The molecule has 23 heavy (non-hydrogen) atoms. The number of carbonyl (C=O) groups is 2. The average molecular weight is 327 g/mol. The first-order valence-electron chi connectivity index (χ1n) is 7.17. The normalized spacial score (nSPS) is 14.7. The topological polar surface area (TPSA) is 49.4 Å². The molecule has 0 unspecified atom stereocenters. The van der Waals surface area contributed by atoms with Crippen molar-refractivity contribution in [3.63, 3.8) is 0 Å². The van der Waals surface area contributed by atoms with Gasteiger partial charge in [0.1, 0.15) is 10.7 Å². The number of imide groups is 1. The Hall–Kier alpha value is -2.59. The lowest BCUT2D eigenvalue weighted by Gasteiger charge is -2.18. The molecule has 0 bridgehead atoms. The summed E-state index contributed by atoms with van der Waals surface area (Å²) in [6.07, 6.45) is 0. The van der Waals surface area contributed by atoms with Gasteiger partial charge >= 0.3 is 0 Å². The maximum Gasteiger partial charge on any atom is 0.283 e. The third kappa shape index (κ3) is 2.73. The van der Waals surface area contributed by atoms with Crippen molar-refractivity contribution in [3.8, 4) is 0 Å². The Balaban J connectivity index is 1.97.